The number of aliphatic hydroxyl groups excluding tert-OH is 1. The summed E-state index contributed by atoms with van der Waals surface area (Å²) >= 11 is 0. The monoisotopic (exact) mass is 193 g/mol. The SMILES string of the molecule is CC.Nc1cccc2c1CC(O)CC2. The highest BCUT2D eigenvalue weighted by molar-refractivity contribution is 5.52. The summed E-state index contributed by atoms with van der Waals surface area (Å²) in [6, 6.07) is 5.97. The molecule has 0 aliphatic heterocycles. The topological polar surface area (TPSA) is 46.2 Å². The lowest BCUT2D eigenvalue weighted by atomic mass is 9.89. The Morgan fingerprint density at radius 1 is 1.36 bits per heavy atom. The molecule has 2 rings (SSSR count). The summed E-state index contributed by atoms with van der Waals surface area (Å²) in [5, 5.41) is 9.42. The van der Waals surface area contributed by atoms with Gasteiger partial charge in [0.05, 0.1) is 6.10 Å². The molecule has 3 N–H and O–H groups in total. The zero-order chi connectivity index (χ0) is 10.6. The zero-order valence-corrected chi connectivity index (χ0v) is 8.96. The van der Waals surface area contributed by atoms with Crippen molar-refractivity contribution in [1.29, 1.82) is 0 Å². The Kier molecular flexibility index (Phi) is 3.96. The molecule has 2 nitrogen and oxygen atoms in total. The maximum Gasteiger partial charge on any atom is 0.0584 e. The van der Waals surface area contributed by atoms with Crippen molar-refractivity contribution in [3.8, 4) is 0 Å². The fraction of sp³-hybridized carbons (Fsp3) is 0.500. The first-order valence-electron chi connectivity index (χ1n) is 5.31. The Bertz CT molecular complexity index is 296. The first-order chi connectivity index (χ1) is 6.77. The van der Waals surface area contributed by atoms with Crippen molar-refractivity contribution in [2.75, 3.05) is 5.73 Å². The molecule has 1 aromatic rings. The van der Waals surface area contributed by atoms with Gasteiger partial charge in [-0.2, -0.15) is 0 Å². The second-order valence-electron chi connectivity index (χ2n) is 3.38. The number of aryl methyl sites for hydroxylation is 1. The third-order valence-electron chi connectivity index (χ3n) is 2.50. The van der Waals surface area contributed by atoms with Crippen LogP contribution in [0.25, 0.3) is 0 Å². The molecule has 0 fully saturated rings. The van der Waals surface area contributed by atoms with E-state index in [2.05, 4.69) is 6.07 Å². The van der Waals surface area contributed by atoms with Crippen LogP contribution < -0.4 is 5.73 Å². The predicted molar refractivity (Wildman–Crippen MR) is 60.2 cm³/mol. The van der Waals surface area contributed by atoms with Crippen molar-refractivity contribution in [1.82, 2.24) is 0 Å². The number of nitrogens with two attached hydrogens (primary N) is 1. The normalized spacial score (nSPS) is 19.2. The van der Waals surface area contributed by atoms with E-state index in [1.54, 1.807) is 0 Å². The number of hydrogen-bond acceptors (Lipinski definition) is 2. The van der Waals surface area contributed by atoms with Gasteiger partial charge in [-0.05, 0) is 30.0 Å². The Balaban J connectivity index is 0.000000461. The fourth-order valence-corrected chi connectivity index (χ4v) is 1.80. The van der Waals surface area contributed by atoms with Crippen molar-refractivity contribution in [3.05, 3.63) is 29.3 Å². The molecule has 1 aromatic carbocycles. The molecular formula is C12H19NO. The molecule has 2 heteroatoms. The molecule has 0 saturated carbocycles. The third-order valence-corrected chi connectivity index (χ3v) is 2.50. The van der Waals surface area contributed by atoms with Gasteiger partial charge in [-0.25, -0.2) is 0 Å². The average Bonchev–Trinajstić information content (AvgIpc) is 2.22. The molecule has 1 aliphatic carbocycles. The average molecular weight is 193 g/mol. The van der Waals surface area contributed by atoms with Gasteiger partial charge in [0.1, 0.15) is 0 Å². The smallest absolute Gasteiger partial charge is 0.0584 e. The number of rotatable bonds is 0. The molecule has 0 radical (unpaired) electrons. The maximum atomic E-state index is 9.42. The molecule has 0 saturated heterocycles. The van der Waals surface area contributed by atoms with Gasteiger partial charge in [0.25, 0.3) is 0 Å². The van der Waals surface area contributed by atoms with Gasteiger partial charge in [-0.1, -0.05) is 26.0 Å². The minimum atomic E-state index is -0.192. The van der Waals surface area contributed by atoms with Crippen molar-refractivity contribution < 1.29 is 5.11 Å². The lowest BCUT2D eigenvalue weighted by Gasteiger charge is -2.21. The molecule has 78 valence electrons. The third kappa shape index (κ3) is 2.26. The second kappa shape index (κ2) is 5.01. The van der Waals surface area contributed by atoms with Crippen LogP contribution in [0.1, 0.15) is 31.4 Å². The Morgan fingerprint density at radius 3 is 2.79 bits per heavy atom. The summed E-state index contributed by atoms with van der Waals surface area (Å²) in [6.07, 6.45) is 2.36. The standard InChI is InChI=1S/C10H13NO.C2H6/c11-10-3-1-2-7-4-5-8(12)6-9(7)10;1-2/h1-3,8,12H,4-6,11H2;1-2H3. The van der Waals surface area contributed by atoms with Crippen LogP contribution in [0.4, 0.5) is 5.69 Å². The molecule has 1 aliphatic rings. The molecule has 1 atom stereocenters. The Hall–Kier alpha value is -1.02. The highest BCUT2D eigenvalue weighted by atomic mass is 16.3. The zero-order valence-electron chi connectivity index (χ0n) is 8.96. The molecule has 0 spiro atoms. The summed E-state index contributed by atoms with van der Waals surface area (Å²) in [4.78, 5) is 0. The molecule has 0 aromatic heterocycles. The number of hydrogen-bond donors (Lipinski definition) is 2. The molecule has 14 heavy (non-hydrogen) atoms. The van der Waals surface area contributed by atoms with Gasteiger partial charge in [0.15, 0.2) is 0 Å². The molecule has 0 amide bonds. The maximum absolute atomic E-state index is 9.42. The van der Waals surface area contributed by atoms with E-state index in [-0.39, 0.29) is 6.10 Å². The van der Waals surface area contributed by atoms with E-state index in [0.717, 1.165) is 30.5 Å². The summed E-state index contributed by atoms with van der Waals surface area (Å²) in [7, 11) is 0. The Labute approximate surface area is 85.8 Å². The first-order valence-corrected chi connectivity index (χ1v) is 5.31. The highest BCUT2D eigenvalue weighted by Gasteiger charge is 2.17. The van der Waals surface area contributed by atoms with E-state index >= 15 is 0 Å². The van der Waals surface area contributed by atoms with E-state index in [1.165, 1.54) is 5.56 Å². The van der Waals surface area contributed by atoms with Crippen LogP contribution >= 0.6 is 0 Å². The summed E-state index contributed by atoms with van der Waals surface area (Å²) in [5.41, 5.74) is 9.07. The van der Waals surface area contributed by atoms with Crippen LogP contribution in [0, 0.1) is 0 Å². The lowest BCUT2D eigenvalue weighted by Crippen LogP contribution is -2.19. The van der Waals surface area contributed by atoms with Crippen LogP contribution in [0.3, 0.4) is 0 Å². The van der Waals surface area contributed by atoms with Crippen molar-refractivity contribution in [2.45, 2.75) is 39.2 Å². The minimum absolute atomic E-state index is 0.192. The van der Waals surface area contributed by atoms with E-state index in [0.29, 0.717) is 0 Å². The van der Waals surface area contributed by atoms with Gasteiger partial charge < -0.3 is 10.8 Å². The van der Waals surface area contributed by atoms with E-state index in [9.17, 15) is 5.11 Å². The molecular weight excluding hydrogens is 174 g/mol. The molecule has 0 heterocycles. The second-order valence-corrected chi connectivity index (χ2v) is 3.38. The minimum Gasteiger partial charge on any atom is -0.398 e. The highest BCUT2D eigenvalue weighted by Crippen LogP contribution is 2.25. The van der Waals surface area contributed by atoms with E-state index in [1.807, 2.05) is 26.0 Å². The number of aliphatic hydroxyl groups is 1. The fourth-order valence-electron chi connectivity index (χ4n) is 1.80. The number of nitrogen functional groups attached to an aromatic ring is 1. The predicted octanol–water partition coefficient (Wildman–Crippen LogP) is 2.14. The largest absolute Gasteiger partial charge is 0.398 e. The van der Waals surface area contributed by atoms with Crippen LogP contribution in [0.5, 0.6) is 0 Å². The van der Waals surface area contributed by atoms with Crippen molar-refractivity contribution in [2.24, 2.45) is 0 Å². The lowest BCUT2D eigenvalue weighted by molar-refractivity contribution is 0.159. The van der Waals surface area contributed by atoms with Gasteiger partial charge in [-0.3, -0.25) is 0 Å². The summed E-state index contributed by atoms with van der Waals surface area (Å²) in [5.74, 6) is 0. The van der Waals surface area contributed by atoms with Crippen LogP contribution in [0.2, 0.25) is 0 Å². The first kappa shape index (κ1) is 11.1. The van der Waals surface area contributed by atoms with Gasteiger partial charge in [0, 0.05) is 12.1 Å². The van der Waals surface area contributed by atoms with E-state index in [4.69, 9.17) is 5.73 Å². The van der Waals surface area contributed by atoms with Crippen LogP contribution in [0.15, 0.2) is 18.2 Å². The van der Waals surface area contributed by atoms with Crippen molar-refractivity contribution in [3.63, 3.8) is 0 Å². The van der Waals surface area contributed by atoms with Crippen LogP contribution in [-0.4, -0.2) is 11.2 Å². The quantitative estimate of drug-likeness (QED) is 0.620. The van der Waals surface area contributed by atoms with Crippen LogP contribution in [-0.2, 0) is 12.8 Å². The number of fused-ring (bicyclic) bond motifs is 1. The van der Waals surface area contributed by atoms with Gasteiger partial charge >= 0.3 is 0 Å². The summed E-state index contributed by atoms with van der Waals surface area (Å²) in [6.45, 7) is 4.00. The molecule has 1 unspecified atom stereocenters. The van der Waals surface area contributed by atoms with Gasteiger partial charge in [-0.15, -0.1) is 0 Å². The number of benzene rings is 1. The molecule has 0 bridgehead atoms. The van der Waals surface area contributed by atoms with Crippen molar-refractivity contribution >= 4 is 5.69 Å². The van der Waals surface area contributed by atoms with Gasteiger partial charge in [0.2, 0.25) is 0 Å². The summed E-state index contributed by atoms with van der Waals surface area (Å²) < 4.78 is 0. The Morgan fingerprint density at radius 2 is 2.07 bits per heavy atom. The van der Waals surface area contributed by atoms with E-state index < -0.39 is 0 Å². The number of anilines is 1.